The van der Waals surface area contributed by atoms with Crippen LogP contribution in [0.1, 0.15) is 30.9 Å². The summed E-state index contributed by atoms with van der Waals surface area (Å²) in [6, 6.07) is 5.64. The molecule has 1 amide bonds. The van der Waals surface area contributed by atoms with Crippen molar-refractivity contribution in [3.8, 4) is 6.07 Å². The first-order valence-corrected chi connectivity index (χ1v) is 5.80. The molecule has 0 bridgehead atoms. The van der Waals surface area contributed by atoms with E-state index < -0.39 is 0 Å². The van der Waals surface area contributed by atoms with Crippen LogP contribution < -0.4 is 10.6 Å². The fourth-order valence-corrected chi connectivity index (χ4v) is 2.28. The van der Waals surface area contributed by atoms with Crippen molar-refractivity contribution in [2.24, 2.45) is 0 Å². The van der Waals surface area contributed by atoms with Gasteiger partial charge in [0.25, 0.3) is 0 Å². The Morgan fingerprint density at radius 2 is 2.24 bits per heavy atom. The van der Waals surface area contributed by atoms with Crippen LogP contribution in [0.15, 0.2) is 12.1 Å². The molecule has 88 valence electrons. The Labute approximate surface area is 101 Å². The monoisotopic (exact) mass is 229 g/mol. The van der Waals surface area contributed by atoms with E-state index in [2.05, 4.69) is 6.07 Å². The van der Waals surface area contributed by atoms with Gasteiger partial charge in [-0.3, -0.25) is 4.79 Å². The fourth-order valence-electron chi connectivity index (χ4n) is 2.28. The highest BCUT2D eigenvalue weighted by Crippen LogP contribution is 2.33. The molecule has 0 saturated heterocycles. The van der Waals surface area contributed by atoms with Crippen molar-refractivity contribution in [1.29, 1.82) is 5.26 Å². The molecule has 1 aromatic carbocycles. The lowest BCUT2D eigenvalue weighted by atomic mass is 9.96. The lowest BCUT2D eigenvalue weighted by Gasteiger charge is -2.30. The first-order valence-electron chi connectivity index (χ1n) is 5.80. The summed E-state index contributed by atoms with van der Waals surface area (Å²) in [5, 5.41) is 9.15. The molecule has 0 radical (unpaired) electrons. The molecule has 4 nitrogen and oxygen atoms in total. The van der Waals surface area contributed by atoms with Gasteiger partial charge in [0.15, 0.2) is 0 Å². The average molecular weight is 229 g/mol. The first-order chi connectivity index (χ1) is 8.17. The molecule has 17 heavy (non-hydrogen) atoms. The summed E-state index contributed by atoms with van der Waals surface area (Å²) in [7, 11) is 0. The number of rotatable bonds is 2. The Morgan fingerprint density at radius 3 is 2.88 bits per heavy atom. The minimum absolute atomic E-state index is 0.0978. The van der Waals surface area contributed by atoms with Crippen LogP contribution in [0.2, 0.25) is 0 Å². The lowest BCUT2D eigenvalue weighted by Crippen LogP contribution is -2.36. The van der Waals surface area contributed by atoms with Crippen molar-refractivity contribution in [2.45, 2.75) is 26.2 Å². The Balaban J connectivity index is 2.57. The number of nitrogens with two attached hydrogens (primary N) is 1. The van der Waals surface area contributed by atoms with Crippen molar-refractivity contribution >= 4 is 17.3 Å². The molecular weight excluding hydrogens is 214 g/mol. The number of anilines is 2. The number of nitrogens with zero attached hydrogens (tertiary/aromatic N) is 2. The maximum absolute atomic E-state index is 11.9. The predicted molar refractivity (Wildman–Crippen MR) is 66.5 cm³/mol. The molecule has 0 unspecified atom stereocenters. The SMILES string of the molecule is CCCN1C(=O)CCc2cc(N)cc(C#N)c21. The van der Waals surface area contributed by atoms with Gasteiger partial charge in [0.05, 0.1) is 11.3 Å². The maximum atomic E-state index is 11.9. The number of nitrogen functional groups attached to an aromatic ring is 1. The summed E-state index contributed by atoms with van der Waals surface area (Å²) in [5.74, 6) is 0.0978. The van der Waals surface area contributed by atoms with Crippen molar-refractivity contribution in [3.63, 3.8) is 0 Å². The Hall–Kier alpha value is -2.02. The van der Waals surface area contributed by atoms with Crippen LogP contribution in [0.4, 0.5) is 11.4 Å². The summed E-state index contributed by atoms with van der Waals surface area (Å²) in [6.07, 6.45) is 2.05. The summed E-state index contributed by atoms with van der Waals surface area (Å²) in [5.41, 5.74) is 8.62. The number of carbonyl (C=O) groups is 1. The molecule has 0 aromatic heterocycles. The van der Waals surface area contributed by atoms with E-state index in [0.29, 0.717) is 30.6 Å². The Bertz CT molecular complexity index is 502. The number of fused-ring (bicyclic) bond motifs is 1. The predicted octanol–water partition coefficient (Wildman–Crippen LogP) is 1.83. The highest BCUT2D eigenvalue weighted by Gasteiger charge is 2.26. The standard InChI is InChI=1S/C13H15N3O/c1-2-5-16-12(17)4-3-9-6-11(15)7-10(8-14)13(9)16/h6-7H,2-5,15H2,1H3. The summed E-state index contributed by atoms with van der Waals surface area (Å²) < 4.78 is 0. The smallest absolute Gasteiger partial charge is 0.227 e. The molecule has 0 aliphatic carbocycles. The third kappa shape index (κ3) is 1.96. The zero-order valence-electron chi connectivity index (χ0n) is 9.86. The van der Waals surface area contributed by atoms with Crippen molar-refractivity contribution in [3.05, 3.63) is 23.3 Å². The van der Waals surface area contributed by atoms with E-state index >= 15 is 0 Å². The zero-order chi connectivity index (χ0) is 12.4. The minimum Gasteiger partial charge on any atom is -0.399 e. The van der Waals surface area contributed by atoms with Gasteiger partial charge in [-0.1, -0.05) is 6.92 Å². The number of hydrogen-bond acceptors (Lipinski definition) is 3. The van der Waals surface area contributed by atoms with Crippen molar-refractivity contribution < 1.29 is 4.79 Å². The van der Waals surface area contributed by atoms with Gasteiger partial charge < -0.3 is 10.6 Å². The third-order valence-corrected chi connectivity index (χ3v) is 2.96. The number of amides is 1. The molecule has 0 spiro atoms. The average Bonchev–Trinajstić information content (AvgIpc) is 2.32. The second-order valence-corrected chi connectivity index (χ2v) is 4.23. The van der Waals surface area contributed by atoms with Crippen LogP contribution in [-0.4, -0.2) is 12.5 Å². The highest BCUT2D eigenvalue weighted by molar-refractivity contribution is 5.98. The van der Waals surface area contributed by atoms with Gasteiger partial charge in [-0.15, -0.1) is 0 Å². The molecule has 0 fully saturated rings. The Morgan fingerprint density at radius 1 is 1.47 bits per heavy atom. The van der Waals surface area contributed by atoms with E-state index in [0.717, 1.165) is 17.7 Å². The van der Waals surface area contributed by atoms with Crippen molar-refractivity contribution in [2.75, 3.05) is 17.2 Å². The van der Waals surface area contributed by atoms with Gasteiger partial charge in [0.2, 0.25) is 5.91 Å². The van der Waals surface area contributed by atoms with E-state index in [9.17, 15) is 4.79 Å². The van der Waals surface area contributed by atoms with Crippen LogP contribution >= 0.6 is 0 Å². The van der Waals surface area contributed by atoms with Crippen LogP contribution in [0.3, 0.4) is 0 Å². The van der Waals surface area contributed by atoms with Gasteiger partial charge in [-0.25, -0.2) is 0 Å². The molecule has 2 rings (SSSR count). The molecule has 2 N–H and O–H groups in total. The minimum atomic E-state index is 0.0978. The molecule has 1 aromatic rings. The van der Waals surface area contributed by atoms with Gasteiger partial charge in [0.1, 0.15) is 6.07 Å². The number of hydrogen-bond donors (Lipinski definition) is 1. The van der Waals surface area contributed by atoms with Crippen LogP contribution in [0.25, 0.3) is 0 Å². The van der Waals surface area contributed by atoms with E-state index in [1.165, 1.54) is 0 Å². The zero-order valence-corrected chi connectivity index (χ0v) is 9.86. The number of benzene rings is 1. The number of carbonyl (C=O) groups excluding carboxylic acids is 1. The lowest BCUT2D eigenvalue weighted by molar-refractivity contribution is -0.118. The number of aryl methyl sites for hydroxylation is 1. The quantitative estimate of drug-likeness (QED) is 0.786. The van der Waals surface area contributed by atoms with Crippen molar-refractivity contribution in [1.82, 2.24) is 0 Å². The summed E-state index contributed by atoms with van der Waals surface area (Å²) >= 11 is 0. The molecule has 4 heteroatoms. The molecule has 1 aliphatic rings. The third-order valence-electron chi connectivity index (χ3n) is 2.96. The largest absolute Gasteiger partial charge is 0.399 e. The highest BCUT2D eigenvalue weighted by atomic mass is 16.2. The number of nitriles is 1. The van der Waals surface area contributed by atoms with Gasteiger partial charge >= 0.3 is 0 Å². The van der Waals surface area contributed by atoms with Gasteiger partial charge in [0, 0.05) is 18.7 Å². The van der Waals surface area contributed by atoms with Crippen LogP contribution in [0, 0.1) is 11.3 Å². The second kappa shape index (κ2) is 4.46. The Kier molecular flexibility index (Phi) is 3.01. The molecule has 0 saturated carbocycles. The van der Waals surface area contributed by atoms with E-state index in [4.69, 9.17) is 11.0 Å². The van der Waals surface area contributed by atoms with E-state index in [1.54, 1.807) is 11.0 Å². The van der Waals surface area contributed by atoms with E-state index in [-0.39, 0.29) is 5.91 Å². The van der Waals surface area contributed by atoms with Crippen LogP contribution in [0.5, 0.6) is 0 Å². The maximum Gasteiger partial charge on any atom is 0.227 e. The molecule has 0 atom stereocenters. The van der Waals surface area contributed by atoms with Crippen LogP contribution in [-0.2, 0) is 11.2 Å². The summed E-state index contributed by atoms with van der Waals surface area (Å²) in [6.45, 7) is 2.68. The topological polar surface area (TPSA) is 70.1 Å². The second-order valence-electron chi connectivity index (χ2n) is 4.23. The van der Waals surface area contributed by atoms with Gasteiger partial charge in [-0.05, 0) is 30.5 Å². The summed E-state index contributed by atoms with van der Waals surface area (Å²) in [4.78, 5) is 13.6. The first kappa shape index (κ1) is 11.5. The molecule has 1 aliphatic heterocycles. The van der Waals surface area contributed by atoms with E-state index in [1.807, 2.05) is 13.0 Å². The fraction of sp³-hybridized carbons (Fsp3) is 0.385. The van der Waals surface area contributed by atoms with Gasteiger partial charge in [-0.2, -0.15) is 5.26 Å². The molecular formula is C13H15N3O. The molecule has 1 heterocycles. The normalized spacial score (nSPS) is 14.4.